The van der Waals surface area contributed by atoms with Crippen molar-refractivity contribution >= 4 is 10.0 Å². The maximum absolute atomic E-state index is 14.1. The van der Waals surface area contributed by atoms with Crippen LogP contribution in [0.3, 0.4) is 0 Å². The number of benzene rings is 4. The molecule has 4 aromatic rings. The Labute approximate surface area is 292 Å². The van der Waals surface area contributed by atoms with Gasteiger partial charge >= 0.3 is 0 Å². The number of nitrogens with one attached hydrogen (secondary N) is 1. The van der Waals surface area contributed by atoms with Gasteiger partial charge in [-0.1, -0.05) is 120 Å². The Balaban J connectivity index is 0.000000519. The molecule has 0 unspecified atom stereocenters. The first-order chi connectivity index (χ1) is 21.1. The molecule has 250 valence electrons. The van der Waals surface area contributed by atoms with E-state index in [1.54, 1.807) is 0 Å². The van der Waals surface area contributed by atoms with Crippen LogP contribution < -0.4 is 10.5 Å². The summed E-state index contributed by atoms with van der Waals surface area (Å²) < 4.78 is 31.2. The van der Waals surface area contributed by atoms with Crippen molar-refractivity contribution < 1.29 is 27.9 Å². The molecule has 2 atom stereocenters. The first-order valence-corrected chi connectivity index (χ1v) is 17.6. The summed E-state index contributed by atoms with van der Waals surface area (Å²) in [5.74, 6) is 0.421. The summed E-state index contributed by atoms with van der Waals surface area (Å²) in [5, 5.41) is 0. The van der Waals surface area contributed by atoms with Crippen molar-refractivity contribution in [3.63, 3.8) is 0 Å². The molecule has 0 aromatic heterocycles. The fraction of sp³-hybridized carbons (Fsp3) is 0.400. The van der Waals surface area contributed by atoms with Gasteiger partial charge in [-0.3, -0.25) is 0 Å². The molecule has 4 aromatic carbocycles. The maximum atomic E-state index is 14.1. The summed E-state index contributed by atoms with van der Waals surface area (Å²) in [6, 6.07) is 24.4. The molecule has 46 heavy (non-hydrogen) atoms. The zero-order chi connectivity index (χ0) is 33.6. The molecule has 4 rings (SSSR count). The van der Waals surface area contributed by atoms with Crippen molar-refractivity contribution in [3.8, 4) is 0 Å². The van der Waals surface area contributed by atoms with E-state index >= 15 is 0 Å². The van der Waals surface area contributed by atoms with E-state index < -0.39 is 22.1 Å². The number of nitrogens with two attached hydrogens (primary N) is 1. The van der Waals surface area contributed by atoms with Gasteiger partial charge in [0.2, 0.25) is 10.0 Å². The zero-order valence-corrected chi connectivity index (χ0v) is 32.1. The molecule has 0 fully saturated rings. The van der Waals surface area contributed by atoms with Crippen LogP contribution in [0.15, 0.2) is 83.8 Å². The summed E-state index contributed by atoms with van der Waals surface area (Å²) in [7, 11) is -3.88. The van der Waals surface area contributed by atoms with Crippen molar-refractivity contribution in [3.05, 3.63) is 134 Å². The monoisotopic (exact) mass is 728 g/mol. The first-order valence-electron chi connectivity index (χ1n) is 16.2. The Morgan fingerprint density at radius 2 is 0.978 bits per heavy atom. The average Bonchev–Trinajstić information content (AvgIpc) is 3.01. The van der Waals surface area contributed by atoms with Gasteiger partial charge in [-0.25, -0.2) is 13.1 Å². The van der Waals surface area contributed by atoms with Crippen LogP contribution in [0.2, 0.25) is 0 Å². The third-order valence-corrected chi connectivity index (χ3v) is 10.6. The largest absolute Gasteiger partial charge is 0.322 e. The average molecular weight is 728 g/mol. The second-order valence-electron chi connectivity index (χ2n) is 13.3. The van der Waals surface area contributed by atoms with Crippen LogP contribution in [0.25, 0.3) is 0 Å². The molecule has 0 radical (unpaired) electrons. The minimum Gasteiger partial charge on any atom is -0.322 e. The SMILES string of the molecule is CC(C)c1cc(C(C)C)c(S(=O)(=O)N[C@@H](c2ccccc2)[C@@H](N)c2ccccc2)c(C(C)C)c1.Cc1cc(C)c(C)c(C)c1C.[Ru]. The molecule has 4 nitrogen and oxygen atoms in total. The van der Waals surface area contributed by atoms with Gasteiger partial charge < -0.3 is 5.73 Å². The van der Waals surface area contributed by atoms with E-state index in [0.29, 0.717) is 10.8 Å². The van der Waals surface area contributed by atoms with E-state index in [4.69, 9.17) is 5.73 Å². The van der Waals surface area contributed by atoms with Gasteiger partial charge in [-0.15, -0.1) is 0 Å². The van der Waals surface area contributed by atoms with E-state index in [1.807, 2.05) is 88.4 Å². The van der Waals surface area contributed by atoms with Crippen molar-refractivity contribution in [1.29, 1.82) is 0 Å². The molecule has 0 spiro atoms. The fourth-order valence-corrected chi connectivity index (χ4v) is 7.66. The number of hydrogen-bond donors (Lipinski definition) is 2. The Kier molecular flexibility index (Phi) is 14.6. The van der Waals surface area contributed by atoms with Gasteiger partial charge in [-0.05, 0) is 108 Å². The second-order valence-corrected chi connectivity index (χ2v) is 15.0. The number of aryl methyl sites for hydroxylation is 2. The van der Waals surface area contributed by atoms with Crippen molar-refractivity contribution in [2.45, 2.75) is 111 Å². The van der Waals surface area contributed by atoms with E-state index in [-0.39, 0.29) is 31.3 Å². The standard InChI is InChI=1S/C29H38N2O2S.C11H16.Ru/c1-19(2)24-17-25(20(3)4)29(26(18-24)21(5)6)34(32,33)31-28(23-15-11-8-12-16-23)27(30)22-13-9-7-10-14-22;1-7-6-8(2)10(4)11(5)9(7)3;/h7-21,27-28,31H,30H2,1-6H3;6H,1-5H3;/t27-,28-;;/m0../s1. The Bertz CT molecular complexity index is 1630. The van der Waals surface area contributed by atoms with Crippen LogP contribution in [0.4, 0.5) is 0 Å². The van der Waals surface area contributed by atoms with Gasteiger partial charge in [0.25, 0.3) is 0 Å². The fourth-order valence-electron chi connectivity index (χ4n) is 5.72. The van der Waals surface area contributed by atoms with E-state index in [9.17, 15) is 8.42 Å². The van der Waals surface area contributed by atoms with Crippen LogP contribution in [0, 0.1) is 34.6 Å². The molecule has 6 heteroatoms. The summed E-state index contributed by atoms with van der Waals surface area (Å²) in [6.07, 6.45) is 0. The Morgan fingerprint density at radius 3 is 1.37 bits per heavy atom. The molecule has 0 saturated heterocycles. The zero-order valence-electron chi connectivity index (χ0n) is 29.5. The molecule has 0 aliphatic heterocycles. The summed E-state index contributed by atoms with van der Waals surface area (Å²) in [5.41, 5.74) is 18.4. The van der Waals surface area contributed by atoms with Gasteiger partial charge in [0.05, 0.1) is 17.0 Å². The van der Waals surface area contributed by atoms with Gasteiger partial charge in [0.15, 0.2) is 0 Å². The normalized spacial score (nSPS) is 12.8. The third kappa shape index (κ3) is 9.47. The maximum Gasteiger partial charge on any atom is 0.241 e. The van der Waals surface area contributed by atoms with Gasteiger partial charge in [0, 0.05) is 19.5 Å². The molecule has 0 amide bonds. The molecule has 0 aliphatic rings. The second kappa shape index (κ2) is 17.0. The number of sulfonamides is 1. The molecule has 0 bridgehead atoms. The summed E-state index contributed by atoms with van der Waals surface area (Å²) in [6.45, 7) is 23.4. The predicted molar refractivity (Wildman–Crippen MR) is 192 cm³/mol. The Morgan fingerprint density at radius 1 is 0.565 bits per heavy atom. The smallest absolute Gasteiger partial charge is 0.241 e. The van der Waals surface area contributed by atoms with Crippen LogP contribution in [0.5, 0.6) is 0 Å². The van der Waals surface area contributed by atoms with Crippen LogP contribution >= 0.6 is 0 Å². The summed E-state index contributed by atoms with van der Waals surface area (Å²) >= 11 is 0. The van der Waals surface area contributed by atoms with Crippen LogP contribution in [-0.2, 0) is 29.5 Å². The molecule has 0 aliphatic carbocycles. The predicted octanol–water partition coefficient (Wildman–Crippen LogP) is 10.0. The van der Waals surface area contributed by atoms with Crippen LogP contribution in [0.1, 0.15) is 127 Å². The topological polar surface area (TPSA) is 72.2 Å². The molecule has 0 heterocycles. The molecule has 0 saturated carbocycles. The van der Waals surface area contributed by atoms with E-state index in [1.165, 1.54) is 27.8 Å². The Hall–Kier alpha value is -2.63. The van der Waals surface area contributed by atoms with Crippen molar-refractivity contribution in [2.75, 3.05) is 0 Å². The molecule has 3 N–H and O–H groups in total. The van der Waals surface area contributed by atoms with Gasteiger partial charge in [-0.2, -0.15) is 0 Å². The van der Waals surface area contributed by atoms with E-state index in [2.05, 4.69) is 71.4 Å². The number of hydrogen-bond acceptors (Lipinski definition) is 3. The molecular weight excluding hydrogens is 674 g/mol. The van der Waals surface area contributed by atoms with Crippen LogP contribution in [-0.4, -0.2) is 8.42 Å². The quantitative estimate of drug-likeness (QED) is 0.169. The minimum atomic E-state index is -3.88. The first kappa shape index (κ1) is 39.6. The summed E-state index contributed by atoms with van der Waals surface area (Å²) in [4.78, 5) is 0.392. The molecular formula is C40H54N2O2RuS. The third-order valence-electron chi connectivity index (χ3n) is 9.07. The minimum absolute atomic E-state index is 0. The van der Waals surface area contributed by atoms with Crippen molar-refractivity contribution in [1.82, 2.24) is 4.72 Å². The van der Waals surface area contributed by atoms with Crippen molar-refractivity contribution in [2.24, 2.45) is 5.73 Å². The van der Waals surface area contributed by atoms with E-state index in [0.717, 1.165) is 27.8 Å². The van der Waals surface area contributed by atoms with Gasteiger partial charge in [0.1, 0.15) is 0 Å². The number of rotatable bonds is 9.